The van der Waals surface area contributed by atoms with Crippen molar-refractivity contribution in [1.29, 1.82) is 0 Å². The Kier molecular flexibility index (Phi) is 11.2. The first-order valence-electron chi connectivity index (χ1n) is 22.2. The number of aromatic nitrogens is 2. The van der Waals surface area contributed by atoms with E-state index in [9.17, 15) is 0 Å². The van der Waals surface area contributed by atoms with Crippen LogP contribution in [0.1, 0.15) is 49.9 Å². The third-order valence-electron chi connectivity index (χ3n) is 13.1. The van der Waals surface area contributed by atoms with Gasteiger partial charge in [0.2, 0.25) is 0 Å². The number of anilines is 4. The molecule has 0 aliphatic carbocycles. The minimum absolute atomic E-state index is 0. The van der Waals surface area contributed by atoms with Gasteiger partial charge in [0.1, 0.15) is 5.82 Å². The smallest absolute Gasteiger partial charge is 0.135 e. The van der Waals surface area contributed by atoms with E-state index in [0.29, 0.717) is 11.5 Å². The molecule has 3 heterocycles. The average molecular weight is 1040 g/mol. The fraction of sp³-hybridized carbons (Fsp3) is 0.100. The van der Waals surface area contributed by atoms with E-state index in [0.717, 1.165) is 61.5 Å². The van der Waals surface area contributed by atoms with Crippen LogP contribution in [0, 0.1) is 18.8 Å². The normalized spacial score (nSPS) is 12.6. The number of para-hydroxylation sites is 3. The van der Waals surface area contributed by atoms with E-state index in [-0.39, 0.29) is 31.9 Å². The fourth-order valence-corrected chi connectivity index (χ4v) is 9.31. The van der Waals surface area contributed by atoms with Crippen LogP contribution < -0.4 is 14.5 Å². The molecule has 0 atom stereocenters. The van der Waals surface area contributed by atoms with E-state index in [1.54, 1.807) is 0 Å². The second-order valence-electron chi connectivity index (χ2n) is 17.8. The molecule has 10 aromatic rings. The average Bonchev–Trinajstić information content (AvgIpc) is 3.91. The molecule has 0 N–H and O–H groups in total. The molecule has 0 saturated heterocycles. The predicted octanol–water partition coefficient (Wildman–Crippen LogP) is 15.3. The minimum Gasteiger partial charge on any atom is -0.509 e. The van der Waals surface area contributed by atoms with Gasteiger partial charge in [-0.05, 0) is 75.7 Å². The van der Waals surface area contributed by atoms with Crippen LogP contribution in [0.2, 0.25) is 0 Å². The van der Waals surface area contributed by atoms with Crippen LogP contribution in [0.15, 0.2) is 206 Å². The first kappa shape index (κ1) is 42.7. The van der Waals surface area contributed by atoms with Crippen molar-refractivity contribution >= 4 is 44.6 Å². The Balaban J connectivity index is 0.00000511. The summed E-state index contributed by atoms with van der Waals surface area (Å²) in [7, 11) is 0. The second-order valence-corrected chi connectivity index (χ2v) is 17.8. The Morgan fingerprint density at radius 3 is 1.73 bits per heavy atom. The topological polar surface area (TPSA) is 33.5 Å². The SMILES string of the molecule is CC(C)(c1ccccc1)c1cc(N2[CH-]N(c3[c-]c(Oc4[c-]c5c(cc4)c4ccccc4n5-c4ccccn4)cc(-c4ccccc4)c3)c3ccccc32)cc(C(C)(C)c2ccccc2)c1.[Pt]. The summed E-state index contributed by atoms with van der Waals surface area (Å²) >= 11 is 0. The molecule has 0 spiro atoms. The van der Waals surface area contributed by atoms with Gasteiger partial charge < -0.3 is 19.1 Å². The van der Waals surface area contributed by atoms with Crippen molar-refractivity contribution in [3.63, 3.8) is 0 Å². The Bertz CT molecular complexity index is 3260. The molecule has 66 heavy (non-hydrogen) atoms. The Morgan fingerprint density at radius 1 is 0.485 bits per heavy atom. The van der Waals surface area contributed by atoms with E-state index in [1.165, 1.54) is 22.3 Å². The van der Waals surface area contributed by atoms with Crippen LogP contribution in [0.25, 0.3) is 38.8 Å². The van der Waals surface area contributed by atoms with Crippen LogP contribution in [-0.4, -0.2) is 9.55 Å². The van der Waals surface area contributed by atoms with Gasteiger partial charge in [0.15, 0.2) is 0 Å². The number of ether oxygens (including phenoxy) is 1. The Labute approximate surface area is 401 Å². The molecule has 1 aliphatic rings. The maximum atomic E-state index is 6.83. The minimum atomic E-state index is -0.270. The van der Waals surface area contributed by atoms with Crippen molar-refractivity contribution in [2.75, 3.05) is 9.80 Å². The van der Waals surface area contributed by atoms with Crippen LogP contribution in [0.5, 0.6) is 11.5 Å². The summed E-state index contributed by atoms with van der Waals surface area (Å²) in [5.41, 5.74) is 12.6. The largest absolute Gasteiger partial charge is 0.509 e. The number of benzene rings is 8. The second kappa shape index (κ2) is 17.3. The zero-order valence-corrected chi connectivity index (χ0v) is 39.5. The summed E-state index contributed by atoms with van der Waals surface area (Å²) in [4.78, 5) is 9.29. The van der Waals surface area contributed by atoms with Crippen molar-refractivity contribution in [1.82, 2.24) is 9.55 Å². The number of hydrogen-bond acceptors (Lipinski definition) is 4. The molecular weight excluding hydrogens is 988 g/mol. The predicted molar refractivity (Wildman–Crippen MR) is 267 cm³/mol. The summed E-state index contributed by atoms with van der Waals surface area (Å²) in [6.45, 7) is 11.5. The molecule has 11 rings (SSSR count). The summed E-state index contributed by atoms with van der Waals surface area (Å²) in [5.74, 6) is 1.99. The first-order chi connectivity index (χ1) is 31.7. The molecule has 6 heteroatoms. The molecule has 0 amide bonds. The number of rotatable bonds is 10. The van der Waals surface area contributed by atoms with E-state index in [2.05, 4.69) is 231 Å². The molecule has 8 aromatic carbocycles. The van der Waals surface area contributed by atoms with Gasteiger partial charge in [-0.3, -0.25) is 0 Å². The quantitative estimate of drug-likeness (QED) is 0.128. The number of nitrogens with zero attached hydrogens (tertiary/aromatic N) is 4. The van der Waals surface area contributed by atoms with Gasteiger partial charge in [0, 0.05) is 72.2 Å². The molecule has 326 valence electrons. The molecule has 1 aliphatic heterocycles. The number of pyridine rings is 1. The first-order valence-corrected chi connectivity index (χ1v) is 22.2. The summed E-state index contributed by atoms with van der Waals surface area (Å²) < 4.78 is 8.98. The van der Waals surface area contributed by atoms with Crippen LogP contribution in [0.3, 0.4) is 0 Å². The van der Waals surface area contributed by atoms with Gasteiger partial charge in [-0.2, -0.15) is 6.07 Å². The van der Waals surface area contributed by atoms with Crippen LogP contribution in [0.4, 0.5) is 22.7 Å². The van der Waals surface area contributed by atoms with E-state index < -0.39 is 0 Å². The summed E-state index contributed by atoms with van der Waals surface area (Å²) in [6.07, 6.45) is 1.82. The molecule has 0 bridgehead atoms. The van der Waals surface area contributed by atoms with E-state index in [1.807, 2.05) is 36.5 Å². The van der Waals surface area contributed by atoms with Crippen LogP contribution in [-0.2, 0) is 31.9 Å². The summed E-state index contributed by atoms with van der Waals surface area (Å²) in [6, 6.07) is 77.9. The van der Waals surface area contributed by atoms with Crippen molar-refractivity contribution in [2.45, 2.75) is 38.5 Å². The molecule has 5 nitrogen and oxygen atoms in total. The van der Waals surface area contributed by atoms with Crippen molar-refractivity contribution in [2.24, 2.45) is 0 Å². The van der Waals surface area contributed by atoms with Crippen molar-refractivity contribution < 1.29 is 25.8 Å². The molecule has 0 fully saturated rings. The van der Waals surface area contributed by atoms with Crippen molar-refractivity contribution in [3.05, 3.63) is 247 Å². The van der Waals surface area contributed by atoms with Crippen LogP contribution >= 0.6 is 0 Å². The number of hydrogen-bond donors (Lipinski definition) is 0. The van der Waals surface area contributed by atoms with Gasteiger partial charge >= 0.3 is 0 Å². The molecule has 0 radical (unpaired) electrons. The van der Waals surface area contributed by atoms with Crippen molar-refractivity contribution in [3.8, 4) is 28.4 Å². The zero-order valence-electron chi connectivity index (χ0n) is 37.2. The van der Waals surface area contributed by atoms with Gasteiger partial charge in [0.05, 0.1) is 0 Å². The van der Waals surface area contributed by atoms with Gasteiger partial charge in [-0.15, -0.1) is 53.6 Å². The maximum absolute atomic E-state index is 6.83. The van der Waals surface area contributed by atoms with E-state index in [4.69, 9.17) is 9.72 Å². The summed E-state index contributed by atoms with van der Waals surface area (Å²) in [5, 5.41) is 2.21. The Hall–Kier alpha value is -7.20. The number of fused-ring (bicyclic) bond motifs is 4. The Morgan fingerprint density at radius 2 is 1.08 bits per heavy atom. The van der Waals surface area contributed by atoms with Gasteiger partial charge in [0.25, 0.3) is 0 Å². The molecular formula is C60H47N4OPt-3. The third-order valence-corrected chi connectivity index (χ3v) is 13.1. The van der Waals surface area contributed by atoms with Gasteiger partial charge in [-0.1, -0.05) is 167 Å². The monoisotopic (exact) mass is 1030 g/mol. The third kappa shape index (κ3) is 7.67. The van der Waals surface area contributed by atoms with E-state index >= 15 is 0 Å². The van der Waals surface area contributed by atoms with Gasteiger partial charge in [-0.25, -0.2) is 4.98 Å². The standard InChI is InChI=1S/C60H47N4O.Pt/c1-59(2,44-22-10-6-11-23-44)46-36-47(60(3,4)45-24-12-7-13-25-45)38-49(37-46)63-41-62(55-28-16-17-29-56(55)63)48-34-43(42-20-8-5-9-21-42)35-51(39-48)65-50-31-32-53-52-26-14-15-27-54(52)64(57(53)40-50)58-30-18-19-33-61-58;/h5-38,41H,1-4H3;/q-3;. The zero-order chi connectivity index (χ0) is 44.1. The fourth-order valence-electron chi connectivity index (χ4n) is 9.31. The maximum Gasteiger partial charge on any atom is 0.135 e. The molecule has 0 unspecified atom stereocenters. The molecule has 0 saturated carbocycles. The molecule has 2 aromatic heterocycles.